The number of benzene rings is 6. The number of hydrogen-bond donors (Lipinski definition) is 0. The molecule has 2 unspecified atom stereocenters. The van der Waals surface area contributed by atoms with E-state index in [1.54, 1.807) is 0 Å². The van der Waals surface area contributed by atoms with Crippen LogP contribution >= 0.6 is 17.0 Å². The molecule has 0 fully saturated rings. The van der Waals surface area contributed by atoms with Crippen molar-refractivity contribution in [1.29, 1.82) is 0 Å². The van der Waals surface area contributed by atoms with Gasteiger partial charge in [-0.2, -0.15) is 0 Å². The van der Waals surface area contributed by atoms with Crippen molar-refractivity contribution in [2.75, 3.05) is 0 Å². The Morgan fingerprint density at radius 2 is 1.08 bits per heavy atom. The van der Waals surface area contributed by atoms with Gasteiger partial charge in [-0.25, -0.2) is 0 Å². The molecule has 2 aliphatic rings. The zero-order chi connectivity index (χ0) is 34.6. The molecule has 0 saturated heterocycles. The average molecular weight is 759 g/mol. The van der Waals surface area contributed by atoms with E-state index in [2.05, 4.69) is 164 Å². The van der Waals surface area contributed by atoms with Crippen LogP contribution in [0.4, 0.5) is 0 Å². The Hall–Kier alpha value is -3.35. The van der Waals surface area contributed by atoms with E-state index in [0.717, 1.165) is 0 Å². The molecule has 0 spiro atoms. The Labute approximate surface area is 292 Å². The minimum absolute atomic E-state index is 0.224. The van der Waals surface area contributed by atoms with Gasteiger partial charge in [0.05, 0.1) is 0 Å². The molecule has 0 amide bonds. The van der Waals surface area contributed by atoms with Crippen LogP contribution in [0, 0.1) is 12.8 Å². The molecule has 0 N–H and O–H groups in total. The van der Waals surface area contributed by atoms with E-state index in [1.165, 1.54) is 82.8 Å². The van der Waals surface area contributed by atoms with Gasteiger partial charge >= 0.3 is 294 Å². The molecular formula is C46H44Cl2Zr. The molecule has 2 atom stereocenters. The van der Waals surface area contributed by atoms with Gasteiger partial charge in [0, 0.05) is 0 Å². The zero-order valence-electron chi connectivity index (χ0n) is 29.3. The van der Waals surface area contributed by atoms with Gasteiger partial charge in [0.1, 0.15) is 0 Å². The van der Waals surface area contributed by atoms with Gasteiger partial charge in [-0.1, -0.05) is 0 Å². The van der Waals surface area contributed by atoms with Crippen molar-refractivity contribution in [3.8, 4) is 22.3 Å². The summed E-state index contributed by atoms with van der Waals surface area (Å²) >= 11 is -6.34. The van der Waals surface area contributed by atoms with Gasteiger partial charge in [-0.3, -0.25) is 0 Å². The fourth-order valence-electron chi connectivity index (χ4n) is 10.1. The summed E-state index contributed by atoms with van der Waals surface area (Å²) in [4.78, 5) is 0. The standard InChI is InChI=1S/C22H19.C21H17.2CH3.CH2.2ClH.Zr/c1-15(2)18-13-17-9-6-12-21(22(17)14-18)20-11-5-8-16-7-3-4-10-19(16)20;1-14-12-20-15(2)10-11-19(21(20)13-14)18-9-5-7-16-6-3-4-8-17(16)18;;;;;;/h3-15H,1-2H3;3-13H,1-2H3;2*1H3;1H2;2*1H;/q;;;;;;;+2/p-2. The SMILES string of the molecule is [CH2]=[Zr]([CH3])([CH3])([Cl])([Cl])([CH]1C(C(C)C)=Cc2c(-c3cccc4ccccc34)cccc21)[CH]1C(C)=Cc2c(-c3cccc4ccccc34)ccc(C)c21. The fraction of sp³-hybridized carbons (Fsp3) is 0.196. The van der Waals surface area contributed by atoms with Crippen LogP contribution in [0.3, 0.4) is 0 Å². The van der Waals surface area contributed by atoms with Crippen LogP contribution in [0.15, 0.2) is 126 Å². The third-order valence-electron chi connectivity index (χ3n) is 11.9. The van der Waals surface area contributed by atoms with Crippen LogP contribution in [0.25, 0.3) is 56.0 Å². The van der Waals surface area contributed by atoms with Gasteiger partial charge in [0.25, 0.3) is 0 Å². The number of rotatable bonds is 5. The zero-order valence-corrected chi connectivity index (χ0v) is 33.3. The number of halogens is 2. The second kappa shape index (κ2) is 9.91. The van der Waals surface area contributed by atoms with Gasteiger partial charge in [-0.15, -0.1) is 0 Å². The van der Waals surface area contributed by atoms with Gasteiger partial charge in [0.15, 0.2) is 0 Å². The molecule has 6 aromatic rings. The van der Waals surface area contributed by atoms with Gasteiger partial charge in [-0.05, 0) is 0 Å². The molecule has 49 heavy (non-hydrogen) atoms. The van der Waals surface area contributed by atoms with E-state index < -0.39 is 12.9 Å². The molecule has 0 nitrogen and oxygen atoms in total. The van der Waals surface area contributed by atoms with Crippen molar-refractivity contribution in [3.05, 3.63) is 154 Å². The topological polar surface area (TPSA) is 0 Å². The Kier molecular flexibility index (Phi) is 6.64. The third kappa shape index (κ3) is 4.83. The number of aryl methyl sites for hydroxylation is 1. The molecule has 0 aliphatic heterocycles. The van der Waals surface area contributed by atoms with E-state index in [-0.39, 0.29) is 13.2 Å². The fourth-order valence-corrected chi connectivity index (χ4v) is 33.7. The predicted molar refractivity (Wildman–Crippen MR) is 216 cm³/mol. The predicted octanol–water partition coefficient (Wildman–Crippen LogP) is 14.5. The van der Waals surface area contributed by atoms with E-state index >= 15 is 0 Å². The van der Waals surface area contributed by atoms with Gasteiger partial charge in [0.2, 0.25) is 0 Å². The molecular weight excluding hydrogens is 715 g/mol. The maximum absolute atomic E-state index is 8.73. The average Bonchev–Trinajstić information content (AvgIpc) is 3.66. The summed E-state index contributed by atoms with van der Waals surface area (Å²) in [5, 5.41) is 4.95. The van der Waals surface area contributed by atoms with Crippen molar-refractivity contribution < 1.29 is 12.9 Å². The summed E-state index contributed by atoms with van der Waals surface area (Å²) in [5.74, 6) is 0.224. The molecule has 8 rings (SSSR count). The van der Waals surface area contributed by atoms with Crippen LogP contribution < -0.4 is 0 Å². The monoisotopic (exact) mass is 756 g/mol. The van der Waals surface area contributed by atoms with Crippen molar-refractivity contribution in [2.45, 2.75) is 44.2 Å². The van der Waals surface area contributed by atoms with Crippen molar-refractivity contribution in [2.24, 2.45) is 5.92 Å². The van der Waals surface area contributed by atoms with Crippen LogP contribution in [-0.4, -0.2) is 4.21 Å². The molecule has 0 aromatic heterocycles. The second-order valence-corrected chi connectivity index (χ2v) is 62.6. The molecule has 0 radical (unpaired) electrons. The number of allylic oxidation sites excluding steroid dienone is 2. The van der Waals surface area contributed by atoms with Crippen molar-refractivity contribution in [1.82, 2.24) is 0 Å². The Bertz CT molecular complexity index is 2580. The summed E-state index contributed by atoms with van der Waals surface area (Å²) in [6.45, 7) is 9.00. The van der Waals surface area contributed by atoms with Crippen LogP contribution in [0.5, 0.6) is 0 Å². The molecule has 0 bridgehead atoms. The van der Waals surface area contributed by atoms with Crippen molar-refractivity contribution >= 4 is 54.9 Å². The third-order valence-corrected chi connectivity index (χ3v) is 31.9. The van der Waals surface area contributed by atoms with Crippen molar-refractivity contribution in [3.63, 3.8) is 0 Å². The quantitative estimate of drug-likeness (QED) is 0.164. The number of hydrogen-bond acceptors (Lipinski definition) is 0. The minimum atomic E-state index is -6.34. The molecule has 0 saturated carbocycles. The van der Waals surface area contributed by atoms with Crippen LogP contribution in [0.2, 0.25) is 9.26 Å². The first-order valence-corrected chi connectivity index (χ1v) is 33.4. The summed E-state index contributed by atoms with van der Waals surface area (Å²) in [6.07, 6.45) is 4.77. The molecule has 246 valence electrons. The van der Waals surface area contributed by atoms with E-state index in [1.807, 2.05) is 0 Å². The van der Waals surface area contributed by atoms with Crippen LogP contribution in [-0.2, 0) is 12.9 Å². The first-order chi connectivity index (χ1) is 23.0. The second-order valence-electron chi connectivity index (χ2n) is 17.1. The first kappa shape index (κ1) is 32.8. The molecule has 3 heteroatoms. The Morgan fingerprint density at radius 3 is 1.67 bits per heavy atom. The summed E-state index contributed by atoms with van der Waals surface area (Å²) in [7, 11) is 17.5. The molecule has 2 aliphatic carbocycles. The normalized spacial score (nSPS) is 19.5. The van der Waals surface area contributed by atoms with E-state index in [9.17, 15) is 0 Å². The summed E-state index contributed by atoms with van der Waals surface area (Å²) in [5.41, 5.74) is 13.4. The number of fused-ring (bicyclic) bond motifs is 4. The molecule has 6 aromatic carbocycles. The van der Waals surface area contributed by atoms with E-state index in [4.69, 9.17) is 21.2 Å². The van der Waals surface area contributed by atoms with E-state index in [0.29, 0.717) is 0 Å². The summed E-state index contributed by atoms with van der Waals surface area (Å²) in [6, 6.07) is 41.7. The molecule has 0 heterocycles. The Balaban J connectivity index is 1.39. The van der Waals surface area contributed by atoms with Crippen LogP contribution in [0.1, 0.15) is 55.8 Å². The Morgan fingerprint density at radius 1 is 0.571 bits per heavy atom. The summed E-state index contributed by atoms with van der Waals surface area (Å²) < 4.78 is 9.25. The van der Waals surface area contributed by atoms with Gasteiger partial charge < -0.3 is 0 Å². The first-order valence-electron chi connectivity index (χ1n) is 17.6. The maximum atomic E-state index is 8.73.